The molecule has 2 aromatic rings. The van der Waals surface area contributed by atoms with Crippen LogP contribution in [-0.2, 0) is 11.2 Å². The zero-order valence-corrected chi connectivity index (χ0v) is 12.1. The lowest BCUT2D eigenvalue weighted by Gasteiger charge is -2.26. The molecule has 0 atom stereocenters. The number of nitrogens with one attached hydrogen (secondary N) is 2. The first-order valence-electron chi connectivity index (χ1n) is 6.43. The Hall–Kier alpha value is -1.11. The fourth-order valence-corrected chi connectivity index (χ4v) is 2.94. The summed E-state index contributed by atoms with van der Waals surface area (Å²) in [6.45, 7) is 4.67. The molecule has 2 heterocycles. The van der Waals surface area contributed by atoms with Crippen LogP contribution < -0.4 is 5.69 Å². The van der Waals surface area contributed by atoms with Crippen molar-refractivity contribution < 1.29 is 4.74 Å². The highest BCUT2D eigenvalue weighted by Crippen LogP contribution is 2.22. The molecule has 6 heteroatoms. The minimum absolute atomic E-state index is 0.160. The molecule has 0 amide bonds. The smallest absolute Gasteiger partial charge is 0.323 e. The zero-order chi connectivity index (χ0) is 13.2. The Morgan fingerprint density at radius 1 is 1.21 bits per heavy atom. The lowest BCUT2D eigenvalue weighted by molar-refractivity contribution is 0.0384. The van der Waals surface area contributed by atoms with Gasteiger partial charge in [0.05, 0.1) is 24.2 Å². The van der Waals surface area contributed by atoms with Crippen LogP contribution in [0.5, 0.6) is 0 Å². The average molecular weight is 326 g/mol. The summed E-state index contributed by atoms with van der Waals surface area (Å²) >= 11 is 3.57. The van der Waals surface area contributed by atoms with E-state index in [0.29, 0.717) is 0 Å². The van der Waals surface area contributed by atoms with Gasteiger partial charge in [-0.25, -0.2) is 4.79 Å². The summed E-state index contributed by atoms with van der Waals surface area (Å²) in [6.07, 6.45) is 0.962. The highest BCUT2D eigenvalue weighted by molar-refractivity contribution is 9.10. The van der Waals surface area contributed by atoms with Crippen LogP contribution in [0.2, 0.25) is 0 Å². The molecule has 1 aromatic carbocycles. The molecule has 0 saturated carbocycles. The second-order valence-electron chi connectivity index (χ2n) is 4.77. The minimum Gasteiger partial charge on any atom is -0.379 e. The molecule has 1 fully saturated rings. The zero-order valence-electron chi connectivity index (χ0n) is 10.5. The van der Waals surface area contributed by atoms with E-state index in [2.05, 4.69) is 30.8 Å². The Labute approximate surface area is 119 Å². The molecule has 2 N–H and O–H groups in total. The predicted octanol–water partition coefficient (Wildman–Crippen LogP) is 1.49. The average Bonchev–Trinajstić information content (AvgIpc) is 2.76. The Bertz CT molecular complexity index is 628. The van der Waals surface area contributed by atoms with Crippen molar-refractivity contribution in [3.63, 3.8) is 0 Å². The van der Waals surface area contributed by atoms with Gasteiger partial charge in [0.25, 0.3) is 0 Å². The number of nitrogens with zero attached hydrogens (tertiary/aromatic N) is 1. The van der Waals surface area contributed by atoms with Crippen LogP contribution in [0.4, 0.5) is 0 Å². The minimum atomic E-state index is -0.160. The molecule has 0 spiro atoms. The summed E-state index contributed by atoms with van der Waals surface area (Å²) in [6, 6.07) is 4.00. The maximum atomic E-state index is 11.3. The Morgan fingerprint density at radius 3 is 2.63 bits per heavy atom. The molecule has 5 nitrogen and oxygen atoms in total. The number of benzene rings is 1. The highest BCUT2D eigenvalue weighted by atomic mass is 79.9. The van der Waals surface area contributed by atoms with Gasteiger partial charge in [0, 0.05) is 24.1 Å². The molecule has 0 unspecified atom stereocenters. The maximum absolute atomic E-state index is 11.3. The molecule has 0 aliphatic carbocycles. The van der Waals surface area contributed by atoms with Gasteiger partial charge in [-0.3, -0.25) is 4.90 Å². The van der Waals surface area contributed by atoms with Crippen LogP contribution in [0, 0.1) is 0 Å². The third-order valence-electron chi connectivity index (χ3n) is 3.48. The summed E-state index contributed by atoms with van der Waals surface area (Å²) in [5, 5.41) is 0. The molecule has 1 aliphatic rings. The second kappa shape index (κ2) is 5.48. The largest absolute Gasteiger partial charge is 0.379 e. The van der Waals surface area contributed by atoms with Crippen molar-refractivity contribution in [3.05, 3.63) is 32.7 Å². The van der Waals surface area contributed by atoms with E-state index < -0.39 is 0 Å². The summed E-state index contributed by atoms with van der Waals surface area (Å²) < 4.78 is 6.39. The van der Waals surface area contributed by atoms with E-state index in [1.807, 2.05) is 12.1 Å². The topological polar surface area (TPSA) is 61.1 Å². The van der Waals surface area contributed by atoms with E-state index in [1.165, 1.54) is 5.56 Å². The first-order chi connectivity index (χ1) is 9.22. The fraction of sp³-hybridized carbons (Fsp3) is 0.462. The Morgan fingerprint density at radius 2 is 1.89 bits per heavy atom. The van der Waals surface area contributed by atoms with E-state index in [9.17, 15) is 4.79 Å². The summed E-state index contributed by atoms with van der Waals surface area (Å²) in [4.78, 5) is 19.2. The monoisotopic (exact) mass is 325 g/mol. The number of morpholine rings is 1. The lowest BCUT2D eigenvalue weighted by atomic mass is 10.1. The summed E-state index contributed by atoms with van der Waals surface area (Å²) in [5.41, 5.74) is 2.76. The first-order valence-corrected chi connectivity index (χ1v) is 7.22. The molecule has 1 aromatic heterocycles. The van der Waals surface area contributed by atoms with Crippen molar-refractivity contribution in [2.75, 3.05) is 32.8 Å². The number of ether oxygens (including phenoxy) is 1. The third-order valence-corrected chi connectivity index (χ3v) is 4.22. The molecular formula is C13H16BrN3O2. The number of imidazole rings is 1. The lowest BCUT2D eigenvalue weighted by Crippen LogP contribution is -2.37. The number of rotatable bonds is 3. The number of fused-ring (bicyclic) bond motifs is 1. The Balaban J connectivity index is 1.76. The van der Waals surface area contributed by atoms with Crippen molar-refractivity contribution in [2.24, 2.45) is 0 Å². The van der Waals surface area contributed by atoms with Crippen LogP contribution in [-0.4, -0.2) is 47.7 Å². The predicted molar refractivity (Wildman–Crippen MR) is 77.6 cm³/mol. The number of hydrogen-bond acceptors (Lipinski definition) is 3. The van der Waals surface area contributed by atoms with Gasteiger partial charge >= 0.3 is 5.69 Å². The molecule has 102 valence electrons. The number of H-pyrrole nitrogens is 2. The normalized spacial score (nSPS) is 17.1. The van der Waals surface area contributed by atoms with Gasteiger partial charge in [-0.05, 0) is 24.1 Å². The van der Waals surface area contributed by atoms with Crippen molar-refractivity contribution in [1.82, 2.24) is 14.9 Å². The quantitative estimate of drug-likeness (QED) is 0.898. The fourth-order valence-electron chi connectivity index (χ4n) is 2.40. The van der Waals surface area contributed by atoms with Crippen LogP contribution in [0.25, 0.3) is 11.0 Å². The van der Waals surface area contributed by atoms with Crippen molar-refractivity contribution >= 4 is 27.0 Å². The highest BCUT2D eigenvalue weighted by Gasteiger charge is 2.11. The number of hydrogen-bond donors (Lipinski definition) is 2. The van der Waals surface area contributed by atoms with Crippen molar-refractivity contribution in [3.8, 4) is 0 Å². The first kappa shape index (κ1) is 12.9. The molecule has 1 saturated heterocycles. The van der Waals surface area contributed by atoms with E-state index >= 15 is 0 Å². The van der Waals surface area contributed by atoms with Gasteiger partial charge in [-0.15, -0.1) is 0 Å². The van der Waals surface area contributed by atoms with Crippen LogP contribution in [0.15, 0.2) is 21.4 Å². The standard InChI is InChI=1S/C13H16BrN3O2/c14-10-8-12-11(15-13(18)16-12)7-9(10)1-2-17-3-5-19-6-4-17/h7-8H,1-6H2,(H2,15,16,18). The summed E-state index contributed by atoms with van der Waals surface area (Å²) in [7, 11) is 0. The SMILES string of the molecule is O=c1[nH]c2cc(Br)c(CCN3CCOCC3)cc2[nH]1. The molecular weight excluding hydrogens is 310 g/mol. The van der Waals surface area contributed by atoms with E-state index in [0.717, 1.165) is 54.8 Å². The molecule has 0 radical (unpaired) electrons. The third kappa shape index (κ3) is 2.91. The van der Waals surface area contributed by atoms with Crippen molar-refractivity contribution in [2.45, 2.75) is 6.42 Å². The molecule has 0 bridgehead atoms. The van der Waals surface area contributed by atoms with Gasteiger partial charge in [-0.2, -0.15) is 0 Å². The van der Waals surface area contributed by atoms with E-state index in [-0.39, 0.29) is 5.69 Å². The molecule has 1 aliphatic heterocycles. The van der Waals surface area contributed by atoms with Gasteiger partial charge < -0.3 is 14.7 Å². The number of aromatic amines is 2. The van der Waals surface area contributed by atoms with E-state index in [4.69, 9.17) is 4.74 Å². The van der Waals surface area contributed by atoms with Crippen molar-refractivity contribution in [1.29, 1.82) is 0 Å². The van der Waals surface area contributed by atoms with Crippen LogP contribution >= 0.6 is 15.9 Å². The van der Waals surface area contributed by atoms with Crippen LogP contribution in [0.3, 0.4) is 0 Å². The number of halogens is 1. The van der Waals surface area contributed by atoms with Gasteiger partial charge in [0.2, 0.25) is 0 Å². The van der Waals surface area contributed by atoms with Gasteiger partial charge in [0.1, 0.15) is 0 Å². The van der Waals surface area contributed by atoms with Crippen LogP contribution in [0.1, 0.15) is 5.56 Å². The summed E-state index contributed by atoms with van der Waals surface area (Å²) in [5.74, 6) is 0. The second-order valence-corrected chi connectivity index (χ2v) is 5.63. The molecule has 3 rings (SSSR count). The molecule has 19 heavy (non-hydrogen) atoms. The van der Waals surface area contributed by atoms with E-state index in [1.54, 1.807) is 0 Å². The maximum Gasteiger partial charge on any atom is 0.323 e. The van der Waals surface area contributed by atoms with Gasteiger partial charge in [0.15, 0.2) is 0 Å². The van der Waals surface area contributed by atoms with Gasteiger partial charge in [-0.1, -0.05) is 15.9 Å². The number of aromatic nitrogens is 2. The Kier molecular flexibility index (Phi) is 3.72.